The van der Waals surface area contributed by atoms with Crippen molar-refractivity contribution in [3.8, 4) is 0 Å². The highest BCUT2D eigenvalue weighted by Gasteiger charge is 1.89. The Morgan fingerprint density at radius 1 is 1.80 bits per heavy atom. The molecule has 0 aliphatic carbocycles. The molecule has 0 spiro atoms. The third-order valence-electron chi connectivity index (χ3n) is 1.13. The maximum Gasteiger partial charge on any atom is 0.0585 e. The minimum absolute atomic E-state index is 0.697. The average molecular weight is 153 g/mol. The number of rotatable bonds is 3. The summed E-state index contributed by atoms with van der Waals surface area (Å²) in [5.74, 6) is 0. The molecule has 0 aromatic carbocycles. The molecule has 0 fully saturated rings. The van der Waals surface area contributed by atoms with Gasteiger partial charge in [-0.1, -0.05) is 0 Å². The second-order valence-corrected chi connectivity index (χ2v) is 2.01. The van der Waals surface area contributed by atoms with E-state index in [9.17, 15) is 0 Å². The van der Waals surface area contributed by atoms with Crippen molar-refractivity contribution >= 4 is 17.4 Å². The highest BCUT2D eigenvalue weighted by molar-refractivity contribution is 7.78. The summed E-state index contributed by atoms with van der Waals surface area (Å²) in [5, 5.41) is 8.81. The normalized spacial score (nSPS) is 8.80. The van der Waals surface area contributed by atoms with E-state index in [-0.39, 0.29) is 0 Å². The molecule has 1 aromatic rings. The van der Waals surface area contributed by atoms with Gasteiger partial charge in [-0.3, -0.25) is 5.10 Å². The maximum atomic E-state index is 4.41. The van der Waals surface area contributed by atoms with Gasteiger partial charge in [0.05, 0.1) is 17.9 Å². The molecule has 0 atom stereocenters. The minimum Gasteiger partial charge on any atom is -0.285 e. The monoisotopic (exact) mass is 153 g/mol. The zero-order chi connectivity index (χ0) is 7.23. The van der Waals surface area contributed by atoms with E-state index in [0.717, 1.165) is 12.0 Å². The van der Waals surface area contributed by atoms with Crippen LogP contribution in [0.4, 0.5) is 0 Å². The molecular formula is C6H7N3S. The third-order valence-corrected chi connectivity index (χ3v) is 1.26. The lowest BCUT2D eigenvalue weighted by Crippen LogP contribution is -1.84. The minimum atomic E-state index is 0.697. The number of aromatic amines is 1. The molecule has 0 saturated carbocycles. The quantitative estimate of drug-likeness (QED) is 0.521. The van der Waals surface area contributed by atoms with Gasteiger partial charge in [0.2, 0.25) is 0 Å². The molecule has 0 amide bonds. The number of nitrogens with one attached hydrogen (secondary N) is 1. The van der Waals surface area contributed by atoms with Gasteiger partial charge in [-0.25, -0.2) is 4.99 Å². The van der Waals surface area contributed by atoms with Gasteiger partial charge in [0.1, 0.15) is 0 Å². The molecule has 0 bridgehead atoms. The molecule has 52 valence electrons. The highest BCUT2D eigenvalue weighted by Crippen LogP contribution is 1.93. The van der Waals surface area contributed by atoms with Crippen LogP contribution >= 0.6 is 12.2 Å². The Morgan fingerprint density at radius 2 is 2.70 bits per heavy atom. The lowest BCUT2D eigenvalue weighted by molar-refractivity contribution is 0.978. The van der Waals surface area contributed by atoms with Gasteiger partial charge in [0, 0.05) is 6.20 Å². The Balaban J connectivity index is 2.34. The lowest BCUT2D eigenvalue weighted by Gasteiger charge is -1.85. The fourth-order valence-corrected chi connectivity index (χ4v) is 0.736. The van der Waals surface area contributed by atoms with E-state index in [1.807, 2.05) is 6.20 Å². The number of aliphatic imine (C=N–C) groups is 1. The molecule has 0 unspecified atom stereocenters. The molecular weight excluding hydrogens is 146 g/mol. The largest absolute Gasteiger partial charge is 0.285 e. The molecule has 0 saturated heterocycles. The molecule has 0 aliphatic heterocycles. The summed E-state index contributed by atoms with van der Waals surface area (Å²) in [6, 6.07) is 0. The number of hydrogen-bond acceptors (Lipinski definition) is 3. The van der Waals surface area contributed by atoms with Gasteiger partial charge in [-0.05, 0) is 24.2 Å². The van der Waals surface area contributed by atoms with Crippen LogP contribution in [0.15, 0.2) is 17.4 Å². The molecule has 3 nitrogen and oxygen atoms in total. The van der Waals surface area contributed by atoms with E-state index in [0.29, 0.717) is 6.54 Å². The van der Waals surface area contributed by atoms with Gasteiger partial charge in [-0.2, -0.15) is 5.10 Å². The molecule has 1 heterocycles. The zero-order valence-electron chi connectivity index (χ0n) is 5.37. The van der Waals surface area contributed by atoms with Crippen molar-refractivity contribution in [3.63, 3.8) is 0 Å². The molecule has 10 heavy (non-hydrogen) atoms. The Labute approximate surface area is 64.2 Å². The van der Waals surface area contributed by atoms with Crippen molar-refractivity contribution in [3.05, 3.63) is 18.0 Å². The van der Waals surface area contributed by atoms with Crippen LogP contribution in [0.2, 0.25) is 0 Å². The van der Waals surface area contributed by atoms with Gasteiger partial charge in [-0.15, -0.1) is 0 Å². The summed E-state index contributed by atoms with van der Waals surface area (Å²) >= 11 is 4.41. The number of thiocarbonyl (C=S) groups is 1. The Bertz CT molecular complexity index is 223. The summed E-state index contributed by atoms with van der Waals surface area (Å²) < 4.78 is 0. The van der Waals surface area contributed by atoms with Crippen LogP contribution in [0.1, 0.15) is 5.56 Å². The SMILES string of the molecule is S=C=NCCc1cn[nH]c1. The maximum absolute atomic E-state index is 4.41. The standard InChI is InChI=1S/C6H7N3S/c10-5-7-2-1-6-3-8-9-4-6/h3-4H,1-2H2,(H,8,9). The smallest absolute Gasteiger partial charge is 0.0585 e. The molecule has 0 aliphatic rings. The van der Waals surface area contributed by atoms with Crippen LogP contribution in [-0.4, -0.2) is 21.9 Å². The van der Waals surface area contributed by atoms with Gasteiger partial charge < -0.3 is 0 Å². The van der Waals surface area contributed by atoms with E-state index >= 15 is 0 Å². The Kier molecular flexibility index (Phi) is 2.80. The fourth-order valence-electron chi connectivity index (χ4n) is 0.645. The second kappa shape index (κ2) is 3.93. The number of nitrogens with zero attached hydrogens (tertiary/aromatic N) is 2. The fraction of sp³-hybridized carbons (Fsp3) is 0.333. The second-order valence-electron chi connectivity index (χ2n) is 1.83. The van der Waals surface area contributed by atoms with Crippen molar-refractivity contribution in [2.45, 2.75) is 6.42 Å². The number of aromatic nitrogens is 2. The number of hydrogen-bond donors (Lipinski definition) is 1. The van der Waals surface area contributed by atoms with Crippen LogP contribution in [-0.2, 0) is 6.42 Å². The molecule has 4 heteroatoms. The van der Waals surface area contributed by atoms with Gasteiger partial charge in [0.25, 0.3) is 0 Å². The van der Waals surface area contributed by atoms with Crippen molar-refractivity contribution in [2.24, 2.45) is 4.99 Å². The first-order valence-corrected chi connectivity index (χ1v) is 3.35. The number of isothiocyanates is 1. The first kappa shape index (κ1) is 7.12. The topological polar surface area (TPSA) is 41.0 Å². The molecule has 1 rings (SSSR count). The van der Waals surface area contributed by atoms with Crippen molar-refractivity contribution in [2.75, 3.05) is 6.54 Å². The summed E-state index contributed by atoms with van der Waals surface area (Å²) in [7, 11) is 0. The third kappa shape index (κ3) is 2.09. The van der Waals surface area contributed by atoms with Crippen LogP contribution in [0.25, 0.3) is 0 Å². The van der Waals surface area contributed by atoms with E-state index in [2.05, 4.69) is 32.6 Å². The Morgan fingerprint density at radius 3 is 3.30 bits per heavy atom. The predicted molar refractivity (Wildman–Crippen MR) is 42.2 cm³/mol. The van der Waals surface area contributed by atoms with E-state index in [1.165, 1.54) is 0 Å². The molecule has 1 N–H and O–H groups in total. The Hall–Kier alpha value is -0.990. The zero-order valence-corrected chi connectivity index (χ0v) is 6.19. The lowest BCUT2D eigenvalue weighted by atomic mass is 10.3. The van der Waals surface area contributed by atoms with Gasteiger partial charge in [0.15, 0.2) is 0 Å². The number of H-pyrrole nitrogens is 1. The highest BCUT2D eigenvalue weighted by atomic mass is 32.1. The summed E-state index contributed by atoms with van der Waals surface area (Å²) in [4.78, 5) is 3.77. The summed E-state index contributed by atoms with van der Waals surface area (Å²) in [5.41, 5.74) is 1.15. The summed E-state index contributed by atoms with van der Waals surface area (Å²) in [6.07, 6.45) is 4.50. The summed E-state index contributed by atoms with van der Waals surface area (Å²) in [6.45, 7) is 0.697. The van der Waals surface area contributed by atoms with Crippen LogP contribution < -0.4 is 0 Å². The van der Waals surface area contributed by atoms with E-state index in [4.69, 9.17) is 0 Å². The average Bonchev–Trinajstić information content (AvgIpc) is 2.41. The van der Waals surface area contributed by atoms with Crippen LogP contribution in [0, 0.1) is 0 Å². The van der Waals surface area contributed by atoms with Crippen molar-refractivity contribution < 1.29 is 0 Å². The first-order chi connectivity index (χ1) is 4.93. The van der Waals surface area contributed by atoms with Crippen LogP contribution in [0.3, 0.4) is 0 Å². The van der Waals surface area contributed by atoms with Crippen LogP contribution in [0.5, 0.6) is 0 Å². The van der Waals surface area contributed by atoms with E-state index in [1.54, 1.807) is 6.20 Å². The predicted octanol–water partition coefficient (Wildman–Crippen LogP) is 1.05. The first-order valence-electron chi connectivity index (χ1n) is 2.95. The van der Waals surface area contributed by atoms with Gasteiger partial charge >= 0.3 is 0 Å². The molecule has 0 radical (unpaired) electrons. The van der Waals surface area contributed by atoms with E-state index < -0.39 is 0 Å². The molecule has 1 aromatic heterocycles. The van der Waals surface area contributed by atoms with Crippen molar-refractivity contribution in [1.82, 2.24) is 10.2 Å². The van der Waals surface area contributed by atoms with Crippen molar-refractivity contribution in [1.29, 1.82) is 0 Å².